The van der Waals surface area contributed by atoms with Crippen molar-refractivity contribution < 1.29 is 14.4 Å². The van der Waals surface area contributed by atoms with Crippen LogP contribution in [0.4, 0.5) is 0 Å². The molecule has 0 saturated carbocycles. The fourth-order valence-electron chi connectivity index (χ4n) is 5.52. The molecule has 0 unspecified atom stereocenters. The topological polar surface area (TPSA) is 123 Å². The lowest BCUT2D eigenvalue weighted by Crippen LogP contribution is -2.41. The molecule has 0 radical (unpaired) electrons. The van der Waals surface area contributed by atoms with E-state index >= 15 is 0 Å². The summed E-state index contributed by atoms with van der Waals surface area (Å²) in [6.07, 6.45) is -0.0438. The summed E-state index contributed by atoms with van der Waals surface area (Å²) >= 11 is 1.41. The molecule has 4 aromatic carbocycles. The molecule has 7 aromatic rings. The van der Waals surface area contributed by atoms with Gasteiger partial charge in [0.25, 0.3) is 5.56 Å². The zero-order chi connectivity index (χ0) is 31.1. The molecule has 9 nitrogen and oxygen atoms in total. The Bertz CT molecular complexity index is 2350. The maximum Gasteiger partial charge on any atom is 0.332 e. The highest BCUT2D eigenvalue weighted by Gasteiger charge is 2.19. The van der Waals surface area contributed by atoms with Crippen LogP contribution in [-0.2, 0) is 19.5 Å². The van der Waals surface area contributed by atoms with Crippen LogP contribution in [-0.4, -0.2) is 25.1 Å². The lowest BCUT2D eigenvalue weighted by molar-refractivity contribution is -0.303. The van der Waals surface area contributed by atoms with Crippen molar-refractivity contribution in [3.63, 3.8) is 0 Å². The van der Waals surface area contributed by atoms with Gasteiger partial charge in [-0.1, -0.05) is 99.3 Å². The third-order valence-electron chi connectivity index (χ3n) is 7.85. The molecule has 0 aliphatic carbocycles. The third-order valence-corrected chi connectivity index (χ3v) is 9.15. The number of ketones is 1. The van der Waals surface area contributed by atoms with Gasteiger partial charge in [-0.25, -0.2) is 9.78 Å². The van der Waals surface area contributed by atoms with E-state index < -0.39 is 17.3 Å². The minimum Gasteiger partial charge on any atom is -0.528 e. The van der Waals surface area contributed by atoms with Crippen molar-refractivity contribution in [3.8, 4) is 28.6 Å². The van der Waals surface area contributed by atoms with Crippen molar-refractivity contribution >= 4 is 38.1 Å². The fourth-order valence-corrected chi connectivity index (χ4v) is 6.60. The Labute approximate surface area is 267 Å². The van der Waals surface area contributed by atoms with Crippen LogP contribution >= 0.6 is 11.3 Å². The molecule has 230 valence electrons. The molecule has 10 heteroatoms. The Morgan fingerprint density at radius 2 is 1.59 bits per heavy atom. The Morgan fingerprint density at radius 3 is 2.30 bits per heavy atom. The highest BCUT2D eigenvalue weighted by molar-refractivity contribution is 7.18. The predicted octanol–water partition coefficient (Wildman–Crippen LogP) is 6.30. The average Bonchev–Trinajstić information content (AvgIpc) is 3.71. The number of Topliss-reactive ketones (excluding diaryl/α,β-unsaturated/α-hetero) is 1. The molecular weight excluding hydrogens is 600 g/mol. The molecular formula is C36H29N4O5S-. The van der Waals surface area contributed by atoms with Crippen LogP contribution in [0.5, 0.6) is 6.08 Å². The summed E-state index contributed by atoms with van der Waals surface area (Å²) < 4.78 is 7.27. The van der Waals surface area contributed by atoms with Crippen LogP contribution in [0, 0.1) is 0 Å². The summed E-state index contributed by atoms with van der Waals surface area (Å²) in [6.45, 7) is 1.84. The largest absolute Gasteiger partial charge is 0.528 e. The van der Waals surface area contributed by atoms with Crippen molar-refractivity contribution in [2.75, 3.05) is 0 Å². The van der Waals surface area contributed by atoms with Gasteiger partial charge in [-0.3, -0.25) is 18.7 Å². The summed E-state index contributed by atoms with van der Waals surface area (Å²) in [6, 6.07) is 30.0. The van der Waals surface area contributed by atoms with Crippen LogP contribution in [0.15, 0.2) is 111 Å². The molecule has 0 aliphatic heterocycles. The summed E-state index contributed by atoms with van der Waals surface area (Å²) in [4.78, 5) is 46.3. The van der Waals surface area contributed by atoms with Gasteiger partial charge in [-0.15, -0.1) is 11.3 Å². The number of nitrogens with zero attached hydrogens (tertiary/aromatic N) is 4. The maximum atomic E-state index is 13.9. The molecule has 46 heavy (non-hydrogen) atoms. The fraction of sp³-hybridized carbons (Fsp3) is 0.139. The first-order chi connectivity index (χ1) is 21.9. The first-order valence-electron chi connectivity index (χ1n) is 14.4. The molecule has 7 rings (SSSR count). The zero-order valence-corrected chi connectivity index (χ0v) is 24.9. The quantitative estimate of drug-likeness (QED) is 0.181. The SMILES string of the molecule is C.CCc1cc2c(=O)n(CC(=O)c3ccc4ccccc4c3)c(=O)n(Cc3ccc(-c4ccccc4-c4noc([O-])n4)cc3)c2s1. The molecule has 3 heterocycles. The lowest BCUT2D eigenvalue weighted by Gasteiger charge is -2.13. The smallest absolute Gasteiger partial charge is 0.332 e. The Hall–Kier alpha value is -5.61. The van der Waals surface area contributed by atoms with E-state index in [4.69, 9.17) is 0 Å². The van der Waals surface area contributed by atoms with Gasteiger partial charge in [0.05, 0.1) is 18.5 Å². The number of carbonyl (C=O) groups excluding carboxylic acids is 1. The molecule has 0 amide bonds. The Morgan fingerprint density at radius 1 is 0.870 bits per heavy atom. The average molecular weight is 630 g/mol. The molecule has 0 saturated heterocycles. The highest BCUT2D eigenvalue weighted by atomic mass is 32.1. The van der Waals surface area contributed by atoms with Gasteiger partial charge >= 0.3 is 5.69 Å². The predicted molar refractivity (Wildman–Crippen MR) is 178 cm³/mol. The lowest BCUT2D eigenvalue weighted by atomic mass is 9.98. The van der Waals surface area contributed by atoms with Gasteiger partial charge in [0.15, 0.2) is 17.7 Å². The van der Waals surface area contributed by atoms with Gasteiger partial charge in [-0.2, -0.15) is 5.16 Å². The van der Waals surface area contributed by atoms with Gasteiger partial charge in [0.1, 0.15) is 4.83 Å². The molecule has 0 aliphatic rings. The van der Waals surface area contributed by atoms with Crippen LogP contribution in [0.25, 0.3) is 43.5 Å². The van der Waals surface area contributed by atoms with E-state index in [-0.39, 0.29) is 32.1 Å². The number of hydrogen-bond acceptors (Lipinski definition) is 8. The third kappa shape index (κ3) is 5.54. The van der Waals surface area contributed by atoms with E-state index in [9.17, 15) is 19.5 Å². The van der Waals surface area contributed by atoms with Crippen molar-refractivity contribution in [1.82, 2.24) is 19.3 Å². The molecule has 0 atom stereocenters. The molecule has 0 spiro atoms. The summed E-state index contributed by atoms with van der Waals surface area (Å²) in [5.74, 6) is -0.107. The number of benzene rings is 4. The monoisotopic (exact) mass is 629 g/mol. The molecule has 0 N–H and O–H groups in total. The van der Waals surface area contributed by atoms with Crippen molar-refractivity contribution in [2.24, 2.45) is 0 Å². The second-order valence-corrected chi connectivity index (χ2v) is 11.8. The van der Waals surface area contributed by atoms with Gasteiger partial charge in [0.2, 0.25) is 0 Å². The number of aromatic nitrogens is 4. The van der Waals surface area contributed by atoms with E-state index in [1.165, 1.54) is 11.3 Å². The summed E-state index contributed by atoms with van der Waals surface area (Å²) in [7, 11) is 0. The van der Waals surface area contributed by atoms with Crippen LogP contribution in [0.3, 0.4) is 0 Å². The van der Waals surface area contributed by atoms with Crippen molar-refractivity contribution in [3.05, 3.63) is 134 Å². The van der Waals surface area contributed by atoms with Gasteiger partial charge in [-0.05, 0) is 46.0 Å². The first kappa shape index (κ1) is 30.4. The van der Waals surface area contributed by atoms with Crippen LogP contribution in [0.2, 0.25) is 0 Å². The number of fused-ring (bicyclic) bond motifs is 2. The second-order valence-electron chi connectivity index (χ2n) is 10.7. The molecule has 0 bridgehead atoms. The molecule has 3 aromatic heterocycles. The highest BCUT2D eigenvalue weighted by Crippen LogP contribution is 2.31. The van der Waals surface area contributed by atoms with Gasteiger partial charge in [0, 0.05) is 16.0 Å². The van der Waals surface area contributed by atoms with E-state index in [2.05, 4.69) is 14.7 Å². The number of hydrogen-bond donors (Lipinski definition) is 0. The summed E-state index contributed by atoms with van der Waals surface area (Å²) in [5.41, 5.74) is 2.60. The Balaban J connectivity index is 0.00000372. The van der Waals surface area contributed by atoms with E-state index in [0.717, 1.165) is 36.9 Å². The molecule has 0 fully saturated rings. The van der Waals surface area contributed by atoms with E-state index in [1.807, 2.05) is 91.9 Å². The maximum absolute atomic E-state index is 13.9. The summed E-state index contributed by atoms with van der Waals surface area (Å²) in [5, 5.41) is 17.6. The number of rotatable bonds is 8. The van der Waals surface area contributed by atoms with Crippen LogP contribution < -0.4 is 16.4 Å². The number of thiophene rings is 1. The number of carbonyl (C=O) groups is 1. The van der Waals surface area contributed by atoms with Gasteiger partial charge < -0.3 is 9.63 Å². The second kappa shape index (κ2) is 12.4. The normalized spacial score (nSPS) is 11.2. The zero-order valence-electron chi connectivity index (χ0n) is 24.1. The van der Waals surface area contributed by atoms with Crippen molar-refractivity contribution in [2.45, 2.75) is 33.9 Å². The van der Waals surface area contributed by atoms with Crippen LogP contribution in [0.1, 0.15) is 35.1 Å². The minimum atomic E-state index is -0.757. The van der Waals surface area contributed by atoms with E-state index in [1.54, 1.807) is 16.7 Å². The first-order valence-corrected chi connectivity index (χ1v) is 15.2. The minimum absolute atomic E-state index is 0. The number of aryl methyl sites for hydroxylation is 1. The standard InChI is InChI=1S/C35H26N4O5S.CH4/c1-2-26-18-29-32(41)38(20-30(40)25-16-15-22-7-3-4-8-24(22)17-25)35(43)39(33(29)45-26)19-21-11-13-23(14-12-21)27-9-5-6-10-28(27)31-36-34(42)44-37-31;/h3-18H,2,19-20H2,1H3,(H,36,37,42);1H4/p-1. The van der Waals surface area contributed by atoms with E-state index in [0.29, 0.717) is 27.8 Å². The van der Waals surface area contributed by atoms with Crippen molar-refractivity contribution in [1.29, 1.82) is 0 Å². The Kier molecular flexibility index (Phi) is 8.21.